The van der Waals surface area contributed by atoms with Crippen molar-refractivity contribution < 1.29 is 14.3 Å². The van der Waals surface area contributed by atoms with Crippen LogP contribution < -0.4 is 9.47 Å². The van der Waals surface area contributed by atoms with E-state index in [1.165, 1.54) is 11.8 Å². The molecule has 1 amide bonds. The number of thioether (sulfide) groups is 1. The van der Waals surface area contributed by atoms with Crippen LogP contribution in [0.25, 0.3) is 0 Å². The van der Waals surface area contributed by atoms with Crippen molar-refractivity contribution >= 4 is 17.7 Å². The van der Waals surface area contributed by atoms with E-state index in [0.717, 1.165) is 5.75 Å². The molecule has 0 bridgehead atoms. The second kappa shape index (κ2) is 9.55. The fourth-order valence-electron chi connectivity index (χ4n) is 3.60. The molecule has 0 saturated carbocycles. The number of amides is 1. The highest BCUT2D eigenvalue weighted by Crippen LogP contribution is 2.36. The molecule has 0 radical (unpaired) electrons. The first-order chi connectivity index (χ1) is 14.3. The molecule has 162 valence electrons. The molecule has 1 aliphatic heterocycles. The van der Waals surface area contributed by atoms with Gasteiger partial charge in [0.1, 0.15) is 6.61 Å². The lowest BCUT2D eigenvalue weighted by Crippen LogP contribution is -2.45. The molecule has 0 spiro atoms. The van der Waals surface area contributed by atoms with Gasteiger partial charge in [0.15, 0.2) is 28.6 Å². The minimum atomic E-state index is -0.379. The van der Waals surface area contributed by atoms with Crippen LogP contribution in [0.5, 0.6) is 11.5 Å². The maximum atomic E-state index is 13.0. The first-order valence-electron chi connectivity index (χ1n) is 10.2. The predicted octanol–water partition coefficient (Wildman–Crippen LogP) is 4.10. The van der Waals surface area contributed by atoms with Crippen LogP contribution in [0, 0.1) is 0 Å². The lowest BCUT2D eigenvalue weighted by Gasteiger charge is -2.32. The van der Waals surface area contributed by atoms with Crippen molar-refractivity contribution in [3.05, 3.63) is 42.7 Å². The summed E-state index contributed by atoms with van der Waals surface area (Å²) in [6, 6.07) is 7.84. The molecule has 7 nitrogen and oxygen atoms in total. The average molecular weight is 431 g/mol. The monoisotopic (exact) mass is 430 g/mol. The van der Waals surface area contributed by atoms with Crippen LogP contribution >= 0.6 is 11.8 Å². The fraction of sp³-hybridized carbons (Fsp3) is 0.500. The Kier molecular flexibility index (Phi) is 7.07. The third kappa shape index (κ3) is 4.64. The Labute approximate surface area is 182 Å². The van der Waals surface area contributed by atoms with Gasteiger partial charge in [0, 0.05) is 18.6 Å². The molecule has 30 heavy (non-hydrogen) atoms. The molecular weight excluding hydrogens is 400 g/mol. The predicted molar refractivity (Wildman–Crippen MR) is 118 cm³/mol. The second-order valence-electron chi connectivity index (χ2n) is 7.80. The minimum Gasteiger partial charge on any atom is -0.485 e. The molecule has 2 heterocycles. The van der Waals surface area contributed by atoms with E-state index in [1.807, 2.05) is 68.4 Å². The number of benzene rings is 1. The van der Waals surface area contributed by atoms with Crippen LogP contribution in [0.3, 0.4) is 0 Å². The summed E-state index contributed by atoms with van der Waals surface area (Å²) >= 11 is 1.41. The molecule has 1 aromatic heterocycles. The molecular formula is C22H30N4O3S. The van der Waals surface area contributed by atoms with Gasteiger partial charge >= 0.3 is 0 Å². The summed E-state index contributed by atoms with van der Waals surface area (Å²) < 4.78 is 13.9. The van der Waals surface area contributed by atoms with Crippen LogP contribution in [-0.4, -0.2) is 49.5 Å². The number of carbonyl (C=O) groups excluding carboxylic acids is 1. The lowest BCUT2D eigenvalue weighted by molar-refractivity contribution is -0.133. The Morgan fingerprint density at radius 2 is 1.90 bits per heavy atom. The van der Waals surface area contributed by atoms with E-state index in [0.29, 0.717) is 29.9 Å². The van der Waals surface area contributed by atoms with Crippen LogP contribution in [0.15, 0.2) is 42.1 Å². The summed E-state index contributed by atoms with van der Waals surface area (Å²) in [5, 5.41) is 9.11. The standard InChI is InChI=1S/C22H30N4O3S/c1-7-12-25-20(19-13-28-17-10-8-9-11-18(17)29-19)23-24-22(25)30-16(6)21(27)26(14(2)3)15(4)5/h7-11,14-16,19H,1,12-13H2,2-6H3/t16-,19-/m1/s1. The second-order valence-corrected chi connectivity index (χ2v) is 9.11. The van der Waals surface area contributed by atoms with Crippen molar-refractivity contribution in [1.29, 1.82) is 0 Å². The molecule has 2 atom stereocenters. The topological polar surface area (TPSA) is 69.5 Å². The maximum Gasteiger partial charge on any atom is 0.236 e. The summed E-state index contributed by atoms with van der Waals surface area (Å²) in [4.78, 5) is 14.9. The zero-order valence-electron chi connectivity index (χ0n) is 18.2. The number of nitrogens with zero attached hydrogens (tertiary/aromatic N) is 4. The van der Waals surface area contributed by atoms with Crippen LogP contribution in [0.2, 0.25) is 0 Å². The van der Waals surface area contributed by atoms with E-state index in [4.69, 9.17) is 9.47 Å². The van der Waals surface area contributed by atoms with E-state index in [1.54, 1.807) is 6.08 Å². The average Bonchev–Trinajstić information content (AvgIpc) is 3.09. The molecule has 8 heteroatoms. The van der Waals surface area contributed by atoms with E-state index in [-0.39, 0.29) is 29.3 Å². The van der Waals surface area contributed by atoms with Gasteiger partial charge in [-0.2, -0.15) is 0 Å². The van der Waals surface area contributed by atoms with Gasteiger partial charge < -0.3 is 14.4 Å². The Balaban J connectivity index is 1.81. The Morgan fingerprint density at radius 3 is 2.53 bits per heavy atom. The Hall–Kier alpha value is -2.48. The Bertz CT molecular complexity index is 888. The van der Waals surface area contributed by atoms with Gasteiger partial charge in [-0.25, -0.2) is 0 Å². The zero-order chi connectivity index (χ0) is 21.8. The molecule has 0 fully saturated rings. The van der Waals surface area contributed by atoms with E-state index in [2.05, 4.69) is 16.8 Å². The third-order valence-corrected chi connectivity index (χ3v) is 5.92. The number of fused-ring (bicyclic) bond motifs is 1. The number of hydrogen-bond donors (Lipinski definition) is 0. The van der Waals surface area contributed by atoms with Gasteiger partial charge in [-0.05, 0) is 46.8 Å². The van der Waals surface area contributed by atoms with Crippen LogP contribution in [-0.2, 0) is 11.3 Å². The number of allylic oxidation sites excluding steroid dienone is 1. The molecule has 0 N–H and O–H groups in total. The highest BCUT2D eigenvalue weighted by atomic mass is 32.2. The Morgan fingerprint density at radius 1 is 1.23 bits per heavy atom. The van der Waals surface area contributed by atoms with Crippen molar-refractivity contribution in [1.82, 2.24) is 19.7 Å². The largest absolute Gasteiger partial charge is 0.485 e. The molecule has 2 aromatic rings. The SMILES string of the molecule is C=CCn1c(S[C@H](C)C(=O)N(C(C)C)C(C)C)nnc1[C@H]1COc2ccccc2O1. The fourth-order valence-corrected chi connectivity index (χ4v) is 4.52. The summed E-state index contributed by atoms with van der Waals surface area (Å²) in [5.41, 5.74) is 0. The molecule has 1 aromatic carbocycles. The summed E-state index contributed by atoms with van der Waals surface area (Å²) in [5.74, 6) is 2.16. The van der Waals surface area contributed by atoms with E-state index < -0.39 is 0 Å². The first kappa shape index (κ1) is 22.2. The quantitative estimate of drug-likeness (QED) is 0.464. The van der Waals surface area contributed by atoms with Gasteiger partial charge in [-0.3, -0.25) is 9.36 Å². The maximum absolute atomic E-state index is 13.0. The van der Waals surface area contributed by atoms with Gasteiger partial charge in [0.25, 0.3) is 0 Å². The number of para-hydroxylation sites is 2. The minimum absolute atomic E-state index is 0.0888. The van der Waals surface area contributed by atoms with Gasteiger partial charge in [-0.15, -0.1) is 16.8 Å². The van der Waals surface area contributed by atoms with Crippen molar-refractivity contribution in [3.63, 3.8) is 0 Å². The lowest BCUT2D eigenvalue weighted by atomic mass is 10.2. The summed E-state index contributed by atoms with van der Waals surface area (Å²) in [6.45, 7) is 14.8. The molecule has 0 aliphatic carbocycles. The highest BCUT2D eigenvalue weighted by molar-refractivity contribution is 8.00. The van der Waals surface area contributed by atoms with Crippen LogP contribution in [0.1, 0.15) is 46.5 Å². The number of ether oxygens (including phenoxy) is 2. The number of aromatic nitrogens is 3. The molecule has 0 saturated heterocycles. The van der Waals surface area contributed by atoms with Crippen molar-refractivity contribution in [3.8, 4) is 11.5 Å². The van der Waals surface area contributed by atoms with E-state index >= 15 is 0 Å². The van der Waals surface area contributed by atoms with Crippen LogP contribution in [0.4, 0.5) is 0 Å². The first-order valence-corrected chi connectivity index (χ1v) is 11.1. The summed E-state index contributed by atoms with van der Waals surface area (Å²) in [6.07, 6.45) is 1.41. The molecule has 0 unspecified atom stereocenters. The van der Waals surface area contributed by atoms with Crippen molar-refractivity contribution in [2.75, 3.05) is 6.61 Å². The normalized spacial score (nSPS) is 16.6. The molecule has 3 rings (SSSR count). The third-order valence-electron chi connectivity index (χ3n) is 4.85. The van der Waals surface area contributed by atoms with Crippen molar-refractivity contribution in [2.24, 2.45) is 0 Å². The highest BCUT2D eigenvalue weighted by Gasteiger charge is 2.31. The van der Waals surface area contributed by atoms with Gasteiger partial charge in [0.2, 0.25) is 5.91 Å². The summed E-state index contributed by atoms with van der Waals surface area (Å²) in [7, 11) is 0. The smallest absolute Gasteiger partial charge is 0.236 e. The zero-order valence-corrected chi connectivity index (χ0v) is 19.1. The number of rotatable bonds is 8. The van der Waals surface area contributed by atoms with E-state index in [9.17, 15) is 4.79 Å². The molecule has 1 aliphatic rings. The number of hydrogen-bond acceptors (Lipinski definition) is 6. The van der Waals surface area contributed by atoms with Gasteiger partial charge in [-0.1, -0.05) is 30.0 Å². The number of carbonyl (C=O) groups is 1. The van der Waals surface area contributed by atoms with Crippen molar-refractivity contribution in [2.45, 2.75) is 69.8 Å². The van der Waals surface area contributed by atoms with Gasteiger partial charge in [0.05, 0.1) is 5.25 Å².